The molecule has 0 spiro atoms. The molecule has 1 aromatic heterocycles. The average Bonchev–Trinajstić information content (AvgIpc) is 3.35. The predicted molar refractivity (Wildman–Crippen MR) is 161 cm³/mol. The first-order valence-corrected chi connectivity index (χ1v) is 14.4. The third-order valence-corrected chi connectivity index (χ3v) is 8.04. The Morgan fingerprint density at radius 1 is 0.952 bits per heavy atom. The number of amides is 2. The van der Waals surface area contributed by atoms with Gasteiger partial charge in [-0.15, -0.1) is 11.3 Å². The predicted octanol–water partition coefficient (Wildman–Crippen LogP) is 5.57. The molecule has 0 radical (unpaired) electrons. The molecular formula is C32H29N3O6S. The number of nitrogens with one attached hydrogen (secondary N) is 2. The van der Waals surface area contributed by atoms with Gasteiger partial charge in [0.25, 0.3) is 0 Å². The summed E-state index contributed by atoms with van der Waals surface area (Å²) in [4.78, 5) is 52.1. The Morgan fingerprint density at radius 3 is 2.57 bits per heavy atom. The molecule has 0 fully saturated rings. The van der Waals surface area contributed by atoms with Crippen molar-refractivity contribution in [1.82, 2.24) is 5.43 Å². The van der Waals surface area contributed by atoms with E-state index in [1.54, 1.807) is 31.2 Å². The van der Waals surface area contributed by atoms with Crippen molar-refractivity contribution < 1.29 is 28.7 Å². The number of nitrogens with zero attached hydrogens (tertiary/aromatic N) is 1. The van der Waals surface area contributed by atoms with Crippen molar-refractivity contribution in [3.8, 4) is 5.75 Å². The van der Waals surface area contributed by atoms with Gasteiger partial charge in [0.15, 0.2) is 0 Å². The first-order chi connectivity index (χ1) is 20.4. The van der Waals surface area contributed by atoms with Crippen LogP contribution in [0.5, 0.6) is 5.75 Å². The molecule has 0 saturated heterocycles. The molecule has 1 aliphatic rings. The number of thiophene rings is 1. The van der Waals surface area contributed by atoms with Gasteiger partial charge in [-0.2, -0.15) is 5.10 Å². The molecule has 0 bridgehead atoms. The summed E-state index contributed by atoms with van der Waals surface area (Å²) in [6.45, 7) is 3.79. The lowest BCUT2D eigenvalue weighted by Crippen LogP contribution is -2.32. The normalized spacial score (nSPS) is 12.5. The van der Waals surface area contributed by atoms with Crippen LogP contribution < -0.4 is 15.5 Å². The number of esters is 2. The summed E-state index contributed by atoms with van der Waals surface area (Å²) in [5, 5.41) is 8.46. The maximum Gasteiger partial charge on any atom is 0.343 e. The molecule has 214 valence electrons. The molecule has 2 N–H and O–H groups in total. The lowest BCUT2D eigenvalue weighted by Gasteiger charge is -2.12. The third kappa shape index (κ3) is 6.23. The maximum absolute atomic E-state index is 12.9. The molecule has 5 rings (SSSR count). The highest BCUT2D eigenvalue weighted by molar-refractivity contribution is 7.17. The van der Waals surface area contributed by atoms with Crippen LogP contribution in [-0.4, -0.2) is 36.6 Å². The van der Waals surface area contributed by atoms with E-state index in [-0.39, 0.29) is 12.4 Å². The van der Waals surface area contributed by atoms with Crippen LogP contribution in [0, 0.1) is 6.92 Å². The largest absolute Gasteiger partial charge is 0.462 e. The third-order valence-electron chi connectivity index (χ3n) is 6.83. The number of carbonyl (C=O) groups is 4. The Labute approximate surface area is 246 Å². The fourth-order valence-electron chi connectivity index (χ4n) is 4.87. The van der Waals surface area contributed by atoms with Gasteiger partial charge in [0, 0.05) is 10.4 Å². The first-order valence-electron chi connectivity index (χ1n) is 13.6. The fraction of sp³-hybridized carbons (Fsp3) is 0.219. The molecule has 1 heterocycles. The minimum Gasteiger partial charge on any atom is -0.462 e. The number of anilines is 1. The van der Waals surface area contributed by atoms with Crippen LogP contribution in [-0.2, 0) is 27.2 Å². The number of benzene rings is 3. The summed E-state index contributed by atoms with van der Waals surface area (Å²) < 4.78 is 10.9. The van der Waals surface area contributed by atoms with Crippen molar-refractivity contribution in [2.75, 3.05) is 11.9 Å². The lowest BCUT2D eigenvalue weighted by molar-refractivity contribution is -0.136. The average molecular weight is 584 g/mol. The Bertz CT molecular complexity index is 1720. The number of hydrogen-bond donors (Lipinski definition) is 2. The van der Waals surface area contributed by atoms with E-state index < -0.39 is 23.8 Å². The van der Waals surface area contributed by atoms with Gasteiger partial charge >= 0.3 is 23.8 Å². The van der Waals surface area contributed by atoms with Crippen LogP contribution in [0.3, 0.4) is 0 Å². The molecule has 10 heteroatoms. The van der Waals surface area contributed by atoms with Crippen molar-refractivity contribution in [3.63, 3.8) is 0 Å². The van der Waals surface area contributed by atoms with Crippen molar-refractivity contribution in [2.45, 2.75) is 39.5 Å². The molecule has 0 saturated carbocycles. The molecular weight excluding hydrogens is 554 g/mol. The molecule has 2 amide bonds. The molecule has 3 aromatic carbocycles. The zero-order chi connectivity index (χ0) is 29.6. The number of aryl methyl sites for hydroxylation is 2. The van der Waals surface area contributed by atoms with Gasteiger partial charge in [-0.1, -0.05) is 48.0 Å². The van der Waals surface area contributed by atoms with E-state index in [4.69, 9.17) is 9.47 Å². The minimum absolute atomic E-state index is 0.197. The second kappa shape index (κ2) is 12.8. The van der Waals surface area contributed by atoms with Crippen molar-refractivity contribution in [3.05, 3.63) is 93.4 Å². The number of fused-ring (bicyclic) bond motifs is 2. The van der Waals surface area contributed by atoms with Crippen LogP contribution in [0.4, 0.5) is 5.00 Å². The van der Waals surface area contributed by atoms with Gasteiger partial charge in [0.05, 0.1) is 23.9 Å². The van der Waals surface area contributed by atoms with E-state index in [1.165, 1.54) is 17.6 Å². The van der Waals surface area contributed by atoms with Crippen molar-refractivity contribution in [2.24, 2.45) is 5.10 Å². The highest BCUT2D eigenvalue weighted by atomic mass is 32.1. The smallest absolute Gasteiger partial charge is 0.343 e. The second-order valence-corrected chi connectivity index (χ2v) is 10.9. The van der Waals surface area contributed by atoms with Gasteiger partial charge in [-0.3, -0.25) is 9.59 Å². The summed E-state index contributed by atoms with van der Waals surface area (Å²) in [6, 6.07) is 18.0. The Morgan fingerprint density at radius 2 is 1.76 bits per heavy atom. The van der Waals surface area contributed by atoms with Gasteiger partial charge in [0.1, 0.15) is 10.8 Å². The molecule has 0 aliphatic heterocycles. The summed E-state index contributed by atoms with van der Waals surface area (Å²) in [5.74, 6) is -2.81. The Balaban J connectivity index is 1.34. The molecule has 0 unspecified atom stereocenters. The monoisotopic (exact) mass is 583 g/mol. The van der Waals surface area contributed by atoms with E-state index in [9.17, 15) is 19.2 Å². The number of hydrazone groups is 1. The van der Waals surface area contributed by atoms with Crippen molar-refractivity contribution >= 4 is 57.1 Å². The van der Waals surface area contributed by atoms with Crippen molar-refractivity contribution in [1.29, 1.82) is 0 Å². The summed E-state index contributed by atoms with van der Waals surface area (Å²) in [7, 11) is 0. The van der Waals surface area contributed by atoms with E-state index in [1.807, 2.05) is 43.3 Å². The first kappa shape index (κ1) is 28.7. The van der Waals surface area contributed by atoms with Crippen LogP contribution >= 0.6 is 11.3 Å². The Hall–Kier alpha value is -4.83. The van der Waals surface area contributed by atoms with E-state index >= 15 is 0 Å². The summed E-state index contributed by atoms with van der Waals surface area (Å²) >= 11 is 1.29. The topological polar surface area (TPSA) is 123 Å². The summed E-state index contributed by atoms with van der Waals surface area (Å²) in [5.41, 5.74) is 5.20. The van der Waals surface area contributed by atoms with E-state index in [0.29, 0.717) is 28.1 Å². The fourth-order valence-corrected chi connectivity index (χ4v) is 6.14. The van der Waals surface area contributed by atoms with E-state index in [2.05, 4.69) is 15.8 Å². The standard InChI is InChI=1S/C32H29N3O6S/c1-3-40-32(39)27-23-13-6-7-14-26(23)42-30(27)34-28(36)29(37)35-33-18-24-22-12-5-4-10-20(22)15-16-25(24)41-31(38)21-11-8-9-19(2)17-21/h4-5,8-12,15-18H,3,6-7,13-14H2,1-2H3,(H,34,36)(H,35,37)/b33-18+. The summed E-state index contributed by atoms with van der Waals surface area (Å²) in [6.07, 6.45) is 4.79. The molecule has 1 aliphatic carbocycles. The second-order valence-electron chi connectivity index (χ2n) is 9.75. The van der Waals surface area contributed by atoms with Crippen LogP contribution in [0.1, 0.15) is 62.0 Å². The molecule has 9 nitrogen and oxygen atoms in total. The van der Waals surface area contributed by atoms with Crippen LogP contribution in [0.15, 0.2) is 65.8 Å². The van der Waals surface area contributed by atoms with Gasteiger partial charge in [0.2, 0.25) is 0 Å². The number of ether oxygens (including phenoxy) is 2. The van der Waals surface area contributed by atoms with Gasteiger partial charge in [-0.05, 0) is 74.1 Å². The van der Waals surface area contributed by atoms with Crippen LogP contribution in [0.2, 0.25) is 0 Å². The van der Waals surface area contributed by atoms with Gasteiger partial charge < -0.3 is 14.8 Å². The van der Waals surface area contributed by atoms with Gasteiger partial charge in [-0.25, -0.2) is 15.0 Å². The highest BCUT2D eigenvalue weighted by Crippen LogP contribution is 2.38. The number of hydrogen-bond acceptors (Lipinski definition) is 8. The minimum atomic E-state index is -1.02. The quantitative estimate of drug-likeness (QED) is 0.0964. The number of carbonyl (C=O) groups excluding carboxylic acids is 4. The zero-order valence-electron chi connectivity index (χ0n) is 23.2. The molecule has 4 aromatic rings. The van der Waals surface area contributed by atoms with Crippen LogP contribution in [0.25, 0.3) is 10.8 Å². The molecule has 0 atom stereocenters. The zero-order valence-corrected chi connectivity index (χ0v) is 24.0. The molecule has 42 heavy (non-hydrogen) atoms. The lowest BCUT2D eigenvalue weighted by atomic mass is 9.95. The highest BCUT2D eigenvalue weighted by Gasteiger charge is 2.28. The maximum atomic E-state index is 12.9. The Kier molecular flexibility index (Phi) is 8.73. The van der Waals surface area contributed by atoms with E-state index in [0.717, 1.165) is 46.0 Å². The number of rotatable bonds is 7. The SMILES string of the molecule is CCOC(=O)c1c(NC(=O)C(=O)N/N=C/c2c(OC(=O)c3cccc(C)c3)ccc3ccccc23)sc2c1CCCC2.